The summed E-state index contributed by atoms with van der Waals surface area (Å²) in [5.74, 6) is -2.07. The van der Waals surface area contributed by atoms with E-state index in [2.05, 4.69) is 0 Å². The van der Waals surface area contributed by atoms with E-state index >= 15 is 0 Å². The third-order valence-electron chi connectivity index (χ3n) is 1.28. The summed E-state index contributed by atoms with van der Waals surface area (Å²) in [4.78, 5) is 8.95. The second-order valence-electron chi connectivity index (χ2n) is 2.42. The first kappa shape index (κ1) is 13.5. The average Bonchev–Trinajstić information content (AvgIpc) is 2.20. The van der Waals surface area contributed by atoms with Gasteiger partial charge in [0.2, 0.25) is 0 Å². The van der Waals surface area contributed by atoms with Crippen molar-refractivity contribution in [3.05, 3.63) is 30.3 Å². The molecule has 15 heavy (non-hydrogen) atoms. The van der Waals surface area contributed by atoms with E-state index in [0.29, 0.717) is 5.46 Å². The Balaban J connectivity index is 0.000000288. The molecule has 0 aliphatic carbocycles. The zero-order valence-electron chi connectivity index (χ0n) is 7.55. The monoisotopic (exact) mass is 218 g/mol. The highest BCUT2D eigenvalue weighted by Crippen LogP contribution is 1.87. The van der Waals surface area contributed by atoms with Gasteiger partial charge in [-0.15, -0.1) is 0 Å². The molecule has 0 aromatic heterocycles. The molecule has 0 aliphatic heterocycles. The number of carboxylic acids is 1. The number of halogens is 2. The molecular formula is C8H9BF2O4. The van der Waals surface area contributed by atoms with Gasteiger partial charge in [0.15, 0.2) is 0 Å². The van der Waals surface area contributed by atoms with Crippen molar-refractivity contribution in [3.8, 4) is 0 Å². The van der Waals surface area contributed by atoms with Gasteiger partial charge >= 0.3 is 19.5 Å². The molecule has 0 amide bonds. The lowest BCUT2D eigenvalue weighted by Crippen LogP contribution is -2.29. The predicted molar refractivity (Wildman–Crippen MR) is 49.9 cm³/mol. The number of carbonyl (C=O) groups is 1. The van der Waals surface area contributed by atoms with Crippen molar-refractivity contribution >= 4 is 18.6 Å². The smallest absolute Gasteiger partial charge is 0.477 e. The third kappa shape index (κ3) is 6.59. The summed E-state index contributed by atoms with van der Waals surface area (Å²) in [6.45, 7) is 0. The summed E-state index contributed by atoms with van der Waals surface area (Å²) in [7, 11) is -1.34. The van der Waals surface area contributed by atoms with Crippen LogP contribution in [0.3, 0.4) is 0 Å². The number of carboxylic acid groups (broad SMARTS) is 1. The summed E-state index contributed by atoms with van der Waals surface area (Å²) in [6, 6.07) is 8.66. The fraction of sp³-hybridized carbons (Fsp3) is 0.125. The topological polar surface area (TPSA) is 77.8 Å². The van der Waals surface area contributed by atoms with Gasteiger partial charge in [-0.1, -0.05) is 30.3 Å². The maximum absolute atomic E-state index is 10.6. The minimum Gasteiger partial charge on any atom is -0.477 e. The molecule has 0 aliphatic rings. The summed E-state index contributed by atoms with van der Waals surface area (Å²) in [5, 5.41) is 24.4. The maximum atomic E-state index is 10.6. The van der Waals surface area contributed by atoms with E-state index in [0.717, 1.165) is 0 Å². The Morgan fingerprint density at radius 3 is 1.80 bits per heavy atom. The molecule has 0 fully saturated rings. The van der Waals surface area contributed by atoms with Crippen LogP contribution in [0.4, 0.5) is 8.78 Å². The second-order valence-corrected chi connectivity index (χ2v) is 2.42. The Bertz CT molecular complexity index is 292. The Labute approximate surface area is 84.9 Å². The fourth-order valence-corrected chi connectivity index (χ4v) is 0.625. The van der Waals surface area contributed by atoms with Crippen LogP contribution in [0, 0.1) is 0 Å². The van der Waals surface area contributed by atoms with Crippen molar-refractivity contribution in [2.75, 3.05) is 0 Å². The van der Waals surface area contributed by atoms with Crippen molar-refractivity contribution in [2.24, 2.45) is 0 Å². The van der Waals surface area contributed by atoms with Gasteiger partial charge in [0.25, 0.3) is 0 Å². The van der Waals surface area contributed by atoms with E-state index in [1.807, 2.05) is 6.07 Å². The molecule has 1 aromatic carbocycles. The van der Waals surface area contributed by atoms with Crippen LogP contribution in [-0.4, -0.2) is 34.7 Å². The normalized spacial score (nSPS) is 9.13. The number of aliphatic carboxylic acids is 1. The lowest BCUT2D eigenvalue weighted by atomic mass is 9.81. The number of benzene rings is 1. The average molecular weight is 218 g/mol. The molecule has 3 N–H and O–H groups in total. The summed E-state index contributed by atoms with van der Waals surface area (Å²) in [5.41, 5.74) is 0.525. The van der Waals surface area contributed by atoms with E-state index in [4.69, 9.17) is 19.9 Å². The third-order valence-corrected chi connectivity index (χ3v) is 1.28. The molecule has 0 saturated heterocycles. The standard InChI is InChI=1S/C6H7BO2.C2H2F2O2/c8-7(9)6-4-2-1-3-5-6;3-1(4)2(5)6/h1-5,8-9H;1H,(H,5,6). The van der Waals surface area contributed by atoms with E-state index in [9.17, 15) is 8.78 Å². The number of alkyl halides is 2. The Kier molecular flexibility index (Phi) is 6.24. The van der Waals surface area contributed by atoms with Crippen LogP contribution < -0.4 is 5.46 Å². The Morgan fingerprint density at radius 2 is 1.60 bits per heavy atom. The summed E-state index contributed by atoms with van der Waals surface area (Å²) >= 11 is 0. The minimum absolute atomic E-state index is 0.525. The second kappa shape index (κ2) is 6.91. The van der Waals surface area contributed by atoms with Gasteiger partial charge in [-0.3, -0.25) is 0 Å². The predicted octanol–water partition coefficient (Wildman–Crippen LogP) is -0.298. The molecule has 82 valence electrons. The zero-order valence-corrected chi connectivity index (χ0v) is 7.55. The number of hydrogen-bond acceptors (Lipinski definition) is 3. The molecule has 0 heterocycles. The van der Waals surface area contributed by atoms with Crippen LogP contribution in [0.15, 0.2) is 30.3 Å². The molecule has 0 radical (unpaired) electrons. The van der Waals surface area contributed by atoms with Gasteiger partial charge in [0, 0.05) is 0 Å². The largest absolute Gasteiger partial charge is 0.488 e. The van der Waals surface area contributed by atoms with Crippen LogP contribution in [0.1, 0.15) is 0 Å². The first-order valence-electron chi connectivity index (χ1n) is 3.87. The zero-order chi connectivity index (χ0) is 11.8. The highest BCUT2D eigenvalue weighted by atomic mass is 19.3. The molecule has 0 atom stereocenters. The number of rotatable bonds is 2. The van der Waals surface area contributed by atoms with Crippen LogP contribution >= 0.6 is 0 Å². The van der Waals surface area contributed by atoms with Gasteiger partial charge in [-0.05, 0) is 5.46 Å². The van der Waals surface area contributed by atoms with Gasteiger partial charge in [-0.2, -0.15) is 8.78 Å². The molecule has 0 saturated carbocycles. The molecule has 0 spiro atoms. The molecular weight excluding hydrogens is 209 g/mol. The molecule has 1 aromatic rings. The van der Waals surface area contributed by atoms with Crippen molar-refractivity contribution in [2.45, 2.75) is 6.43 Å². The van der Waals surface area contributed by atoms with E-state index < -0.39 is 19.5 Å². The first-order chi connectivity index (χ1) is 6.95. The van der Waals surface area contributed by atoms with Crippen LogP contribution in [0.5, 0.6) is 0 Å². The quantitative estimate of drug-likeness (QED) is 0.595. The minimum atomic E-state index is -3.23. The molecule has 7 heteroatoms. The fourth-order valence-electron chi connectivity index (χ4n) is 0.625. The Hall–Kier alpha value is -1.47. The van der Waals surface area contributed by atoms with Gasteiger partial charge in [0.1, 0.15) is 0 Å². The van der Waals surface area contributed by atoms with Crippen LogP contribution in [0.2, 0.25) is 0 Å². The SMILES string of the molecule is O=C(O)C(F)F.OB(O)c1ccccc1. The van der Waals surface area contributed by atoms with E-state index in [1.165, 1.54) is 0 Å². The van der Waals surface area contributed by atoms with Crippen molar-refractivity contribution < 1.29 is 28.7 Å². The van der Waals surface area contributed by atoms with E-state index in [1.54, 1.807) is 24.3 Å². The lowest BCUT2D eigenvalue weighted by Gasteiger charge is -1.94. The Morgan fingerprint density at radius 1 is 1.20 bits per heavy atom. The van der Waals surface area contributed by atoms with Crippen molar-refractivity contribution in [1.82, 2.24) is 0 Å². The van der Waals surface area contributed by atoms with Crippen LogP contribution in [0.25, 0.3) is 0 Å². The molecule has 1 rings (SSSR count). The van der Waals surface area contributed by atoms with Gasteiger partial charge in [0.05, 0.1) is 0 Å². The summed E-state index contributed by atoms with van der Waals surface area (Å²) < 4.78 is 21.1. The van der Waals surface area contributed by atoms with Crippen LogP contribution in [-0.2, 0) is 4.79 Å². The highest BCUT2D eigenvalue weighted by Gasteiger charge is 2.10. The van der Waals surface area contributed by atoms with Gasteiger partial charge < -0.3 is 15.2 Å². The molecule has 4 nitrogen and oxygen atoms in total. The molecule has 0 bridgehead atoms. The van der Waals surface area contributed by atoms with Gasteiger partial charge in [-0.25, -0.2) is 4.79 Å². The molecule has 0 unspecified atom stereocenters. The number of hydrogen-bond donors (Lipinski definition) is 3. The first-order valence-corrected chi connectivity index (χ1v) is 3.87. The maximum Gasteiger partial charge on any atom is 0.488 e. The van der Waals surface area contributed by atoms with Crippen molar-refractivity contribution in [3.63, 3.8) is 0 Å². The highest BCUT2D eigenvalue weighted by molar-refractivity contribution is 6.58. The van der Waals surface area contributed by atoms with Crippen molar-refractivity contribution in [1.29, 1.82) is 0 Å². The summed E-state index contributed by atoms with van der Waals surface area (Å²) in [6.07, 6.45) is -3.23. The lowest BCUT2D eigenvalue weighted by molar-refractivity contribution is -0.149. The van der Waals surface area contributed by atoms with E-state index in [-0.39, 0.29) is 0 Å².